The van der Waals surface area contributed by atoms with Gasteiger partial charge in [-0.3, -0.25) is 0 Å². The van der Waals surface area contributed by atoms with Crippen molar-refractivity contribution < 1.29 is 13.5 Å². The predicted octanol–water partition coefficient (Wildman–Crippen LogP) is 2.27. The van der Waals surface area contributed by atoms with E-state index < -0.39 is 16.1 Å². The highest BCUT2D eigenvalue weighted by molar-refractivity contribution is 7.89. The second-order valence-corrected chi connectivity index (χ2v) is 10.5. The number of rotatable bonds is 3. The van der Waals surface area contributed by atoms with E-state index in [0.717, 1.165) is 25.0 Å². The van der Waals surface area contributed by atoms with Gasteiger partial charge in [0.05, 0.1) is 36.1 Å². The fraction of sp³-hybridized carbons (Fsp3) is 0.550. The molecule has 0 radical (unpaired) electrons. The van der Waals surface area contributed by atoms with Crippen LogP contribution in [-0.2, 0) is 10.0 Å². The molecule has 1 aromatic heterocycles. The Balaban J connectivity index is 1.37. The number of aliphatic hydroxyl groups is 1. The van der Waals surface area contributed by atoms with Gasteiger partial charge in [0.1, 0.15) is 0 Å². The number of fused-ring (bicyclic) bond motifs is 3. The molecule has 0 amide bonds. The summed E-state index contributed by atoms with van der Waals surface area (Å²) in [6.45, 7) is 2.74. The number of aromatic nitrogens is 2. The molecule has 1 unspecified atom stereocenters. The summed E-state index contributed by atoms with van der Waals surface area (Å²) in [5.74, 6) is 0.295. The van der Waals surface area contributed by atoms with Gasteiger partial charge in [-0.05, 0) is 37.2 Å². The first kappa shape index (κ1) is 17.4. The number of piperidine rings is 1. The molecule has 1 N–H and O–H groups in total. The van der Waals surface area contributed by atoms with Crippen LogP contribution >= 0.6 is 0 Å². The topological polar surface area (TPSA) is 75.4 Å². The number of sulfonamides is 1. The van der Waals surface area contributed by atoms with Gasteiger partial charge >= 0.3 is 0 Å². The number of aliphatic hydroxyl groups excluding tert-OH is 1. The summed E-state index contributed by atoms with van der Waals surface area (Å²) in [6, 6.07) is 8.50. The van der Waals surface area contributed by atoms with E-state index >= 15 is 0 Å². The van der Waals surface area contributed by atoms with Crippen LogP contribution in [0.1, 0.15) is 37.8 Å². The Morgan fingerprint density at radius 3 is 2.70 bits per heavy atom. The standard InChI is InChI=1S/C20H25N3O3S/c1-2-27(25,26)22-9-7-20(8-10-22)11-16(19(20)24)18-15-6-4-3-5-14(15)17-12-21-13-23(17)18/h3-6,12-13,16,18-19,24H,2,7-11H2,1H3/t16-,18?,19-/m0/s1. The van der Waals surface area contributed by atoms with Crippen molar-refractivity contribution in [1.82, 2.24) is 13.9 Å². The number of imidazole rings is 1. The van der Waals surface area contributed by atoms with Gasteiger partial charge in [0.25, 0.3) is 0 Å². The van der Waals surface area contributed by atoms with Crippen LogP contribution in [0.2, 0.25) is 0 Å². The van der Waals surface area contributed by atoms with Gasteiger partial charge in [-0.2, -0.15) is 0 Å². The lowest BCUT2D eigenvalue weighted by molar-refractivity contribution is -0.152. The van der Waals surface area contributed by atoms with Gasteiger partial charge in [0, 0.05) is 24.6 Å². The van der Waals surface area contributed by atoms with E-state index in [1.807, 2.05) is 18.6 Å². The van der Waals surface area contributed by atoms with E-state index in [1.165, 1.54) is 11.1 Å². The van der Waals surface area contributed by atoms with E-state index in [4.69, 9.17) is 0 Å². The van der Waals surface area contributed by atoms with Crippen LogP contribution in [0.25, 0.3) is 11.3 Å². The maximum atomic E-state index is 12.1. The van der Waals surface area contributed by atoms with Crippen LogP contribution in [0.4, 0.5) is 0 Å². The molecule has 0 bridgehead atoms. The molecule has 5 rings (SSSR count). The Bertz CT molecular complexity index is 976. The highest BCUT2D eigenvalue weighted by Gasteiger charge is 2.58. The molecule has 3 heterocycles. The molecular formula is C20H25N3O3S. The zero-order valence-corrected chi connectivity index (χ0v) is 16.3. The zero-order chi connectivity index (χ0) is 18.8. The van der Waals surface area contributed by atoms with Crippen LogP contribution in [0.15, 0.2) is 36.8 Å². The first-order valence-corrected chi connectivity index (χ1v) is 11.3. The quantitative estimate of drug-likeness (QED) is 0.877. The molecule has 7 heteroatoms. The molecule has 3 aliphatic rings. The molecule has 6 nitrogen and oxygen atoms in total. The Labute approximate surface area is 159 Å². The highest BCUT2D eigenvalue weighted by atomic mass is 32.2. The maximum Gasteiger partial charge on any atom is 0.213 e. The molecule has 3 atom stereocenters. The highest BCUT2D eigenvalue weighted by Crippen LogP contribution is 2.59. The lowest BCUT2D eigenvalue weighted by Crippen LogP contribution is -2.59. The summed E-state index contributed by atoms with van der Waals surface area (Å²) in [7, 11) is -3.14. The van der Waals surface area contributed by atoms with Crippen molar-refractivity contribution in [2.24, 2.45) is 11.3 Å². The molecule has 1 aromatic carbocycles. The van der Waals surface area contributed by atoms with Crippen molar-refractivity contribution in [3.8, 4) is 11.3 Å². The average molecular weight is 388 g/mol. The minimum absolute atomic E-state index is 0.122. The Morgan fingerprint density at radius 2 is 2.00 bits per heavy atom. The van der Waals surface area contributed by atoms with Crippen molar-refractivity contribution in [3.63, 3.8) is 0 Å². The van der Waals surface area contributed by atoms with E-state index in [9.17, 15) is 13.5 Å². The number of benzene rings is 1. The lowest BCUT2D eigenvalue weighted by Gasteiger charge is -2.57. The monoisotopic (exact) mass is 387 g/mol. The van der Waals surface area contributed by atoms with Crippen LogP contribution in [0.5, 0.6) is 0 Å². The van der Waals surface area contributed by atoms with E-state index in [2.05, 4.69) is 27.8 Å². The molecule has 27 heavy (non-hydrogen) atoms. The first-order valence-electron chi connectivity index (χ1n) is 9.74. The molecule has 1 aliphatic carbocycles. The van der Waals surface area contributed by atoms with Crippen LogP contribution in [0, 0.1) is 11.3 Å². The normalized spacial score (nSPS) is 29.3. The molecule has 2 aromatic rings. The van der Waals surface area contributed by atoms with E-state index in [1.54, 1.807) is 11.2 Å². The third-order valence-corrected chi connectivity index (χ3v) is 8.96. The summed E-state index contributed by atoms with van der Waals surface area (Å²) in [4.78, 5) is 4.32. The van der Waals surface area contributed by atoms with Gasteiger partial charge in [0.2, 0.25) is 10.0 Å². The summed E-state index contributed by atoms with van der Waals surface area (Å²) < 4.78 is 28.0. The summed E-state index contributed by atoms with van der Waals surface area (Å²) in [6.07, 6.45) is 5.78. The number of hydrogen-bond donors (Lipinski definition) is 1. The van der Waals surface area contributed by atoms with Crippen LogP contribution < -0.4 is 0 Å². The third kappa shape index (κ3) is 2.38. The molecule has 2 aliphatic heterocycles. The largest absolute Gasteiger partial charge is 0.392 e. The van der Waals surface area contributed by atoms with Crippen molar-refractivity contribution >= 4 is 10.0 Å². The average Bonchev–Trinajstić information content (AvgIpc) is 3.27. The minimum atomic E-state index is -3.14. The Kier molecular flexibility index (Phi) is 3.80. The summed E-state index contributed by atoms with van der Waals surface area (Å²) >= 11 is 0. The Hall–Kier alpha value is -1.70. The lowest BCUT2D eigenvalue weighted by atomic mass is 9.53. The summed E-state index contributed by atoms with van der Waals surface area (Å²) in [5, 5.41) is 11.2. The van der Waals surface area contributed by atoms with Crippen molar-refractivity contribution in [3.05, 3.63) is 42.4 Å². The van der Waals surface area contributed by atoms with Crippen molar-refractivity contribution in [1.29, 1.82) is 0 Å². The number of hydrogen-bond acceptors (Lipinski definition) is 4. The fourth-order valence-electron chi connectivity index (χ4n) is 5.48. The van der Waals surface area contributed by atoms with E-state index in [-0.39, 0.29) is 23.1 Å². The maximum absolute atomic E-state index is 12.1. The third-order valence-electron chi connectivity index (χ3n) is 7.08. The van der Waals surface area contributed by atoms with Gasteiger partial charge in [-0.1, -0.05) is 24.3 Å². The second kappa shape index (κ2) is 5.90. The first-order chi connectivity index (χ1) is 13.0. The molecule has 1 saturated carbocycles. The van der Waals surface area contributed by atoms with Crippen molar-refractivity contribution in [2.45, 2.75) is 38.3 Å². The molecule has 1 saturated heterocycles. The molecule has 2 fully saturated rings. The van der Waals surface area contributed by atoms with Gasteiger partial charge in [-0.25, -0.2) is 17.7 Å². The molecule has 1 spiro atoms. The van der Waals surface area contributed by atoms with Gasteiger partial charge in [0.15, 0.2) is 0 Å². The van der Waals surface area contributed by atoms with Gasteiger partial charge < -0.3 is 9.67 Å². The predicted molar refractivity (Wildman–Crippen MR) is 103 cm³/mol. The summed E-state index contributed by atoms with van der Waals surface area (Å²) in [5.41, 5.74) is 3.45. The van der Waals surface area contributed by atoms with Crippen molar-refractivity contribution in [2.75, 3.05) is 18.8 Å². The Morgan fingerprint density at radius 1 is 1.26 bits per heavy atom. The molecule has 144 valence electrons. The number of nitrogens with zero attached hydrogens (tertiary/aromatic N) is 3. The zero-order valence-electron chi connectivity index (χ0n) is 15.5. The second-order valence-electron chi connectivity index (χ2n) is 8.19. The van der Waals surface area contributed by atoms with Gasteiger partial charge in [-0.15, -0.1) is 0 Å². The SMILES string of the molecule is CCS(=O)(=O)N1CCC2(CC1)C[C@@H](C1c3ccccc3-c3cncn31)[C@@H]2O. The fourth-order valence-corrected chi connectivity index (χ4v) is 6.59. The van der Waals surface area contributed by atoms with Crippen LogP contribution in [0.3, 0.4) is 0 Å². The minimum Gasteiger partial charge on any atom is -0.392 e. The van der Waals surface area contributed by atoms with E-state index in [0.29, 0.717) is 13.1 Å². The van der Waals surface area contributed by atoms with Crippen LogP contribution in [-0.4, -0.2) is 52.3 Å². The molecular weight excluding hydrogens is 362 g/mol. The smallest absolute Gasteiger partial charge is 0.213 e.